The van der Waals surface area contributed by atoms with Gasteiger partial charge in [0.1, 0.15) is 18.2 Å². The summed E-state index contributed by atoms with van der Waals surface area (Å²) in [5.41, 5.74) is 3.60. The van der Waals surface area contributed by atoms with Crippen LogP contribution < -0.4 is 16.0 Å². The highest BCUT2D eigenvalue weighted by Crippen LogP contribution is 2.44. The minimum absolute atomic E-state index is 0.00849. The number of benzene rings is 2. The van der Waals surface area contributed by atoms with Crippen molar-refractivity contribution in [2.45, 2.75) is 83.9 Å². The molecule has 206 valence electrons. The van der Waals surface area contributed by atoms with Gasteiger partial charge in [-0.15, -0.1) is 0 Å². The second-order valence-corrected chi connectivity index (χ2v) is 11.7. The maximum atomic E-state index is 12.7. The van der Waals surface area contributed by atoms with Crippen molar-refractivity contribution in [2.75, 3.05) is 13.2 Å². The van der Waals surface area contributed by atoms with Gasteiger partial charge in [0.15, 0.2) is 0 Å². The molecule has 0 aliphatic heterocycles. The molecule has 0 fully saturated rings. The Balaban J connectivity index is 1.45. The van der Waals surface area contributed by atoms with Gasteiger partial charge in [0.2, 0.25) is 5.91 Å². The van der Waals surface area contributed by atoms with Crippen LogP contribution in [0.1, 0.15) is 77.8 Å². The minimum atomic E-state index is -0.737. The molecule has 1 aliphatic carbocycles. The Morgan fingerprint density at radius 3 is 1.97 bits per heavy atom. The lowest BCUT2D eigenvalue weighted by Gasteiger charge is -2.27. The van der Waals surface area contributed by atoms with Gasteiger partial charge >= 0.3 is 12.2 Å². The number of alkyl carbamates (subject to hydrolysis) is 2. The minimum Gasteiger partial charge on any atom is -0.449 e. The number of carbonyl (C=O) groups excluding carboxylic acids is 3. The molecule has 8 heteroatoms. The van der Waals surface area contributed by atoms with Crippen LogP contribution in [-0.4, -0.2) is 48.4 Å². The number of hydrogen-bond donors (Lipinski definition) is 3. The van der Waals surface area contributed by atoms with Gasteiger partial charge in [0.25, 0.3) is 0 Å². The summed E-state index contributed by atoms with van der Waals surface area (Å²) in [5, 5.41) is 8.38. The van der Waals surface area contributed by atoms with Crippen LogP contribution in [0.15, 0.2) is 48.5 Å². The monoisotopic (exact) mass is 523 g/mol. The molecular formula is C30H41N3O5. The lowest BCUT2D eigenvalue weighted by molar-refractivity contribution is -0.124. The maximum Gasteiger partial charge on any atom is 0.408 e. The number of nitrogens with one attached hydrogen (secondary N) is 3. The first-order valence-corrected chi connectivity index (χ1v) is 13.2. The van der Waals surface area contributed by atoms with Gasteiger partial charge in [0, 0.05) is 18.0 Å². The number of ether oxygens (including phenoxy) is 2. The molecule has 8 nitrogen and oxygen atoms in total. The average Bonchev–Trinajstić information content (AvgIpc) is 3.13. The quantitative estimate of drug-likeness (QED) is 0.376. The molecular weight excluding hydrogens is 482 g/mol. The smallest absolute Gasteiger partial charge is 0.408 e. The van der Waals surface area contributed by atoms with Crippen molar-refractivity contribution >= 4 is 18.1 Å². The third-order valence-electron chi connectivity index (χ3n) is 6.04. The van der Waals surface area contributed by atoms with E-state index in [2.05, 4.69) is 40.2 Å². The molecule has 2 aromatic rings. The summed E-state index contributed by atoms with van der Waals surface area (Å²) in [6.07, 6.45) is 0.540. The first-order valence-electron chi connectivity index (χ1n) is 13.2. The molecule has 0 spiro atoms. The summed E-state index contributed by atoms with van der Waals surface area (Å²) in [5.74, 6) is -0.262. The molecule has 1 aliphatic rings. The van der Waals surface area contributed by atoms with E-state index >= 15 is 0 Å². The average molecular weight is 524 g/mol. The molecule has 3 rings (SSSR count). The Morgan fingerprint density at radius 1 is 0.842 bits per heavy atom. The topological polar surface area (TPSA) is 106 Å². The second kappa shape index (κ2) is 12.3. The van der Waals surface area contributed by atoms with Crippen molar-refractivity contribution < 1.29 is 23.9 Å². The van der Waals surface area contributed by atoms with Gasteiger partial charge in [-0.1, -0.05) is 48.5 Å². The van der Waals surface area contributed by atoms with Crippen molar-refractivity contribution in [3.05, 3.63) is 59.7 Å². The van der Waals surface area contributed by atoms with Crippen LogP contribution in [0.3, 0.4) is 0 Å². The van der Waals surface area contributed by atoms with Crippen molar-refractivity contribution in [3.8, 4) is 11.1 Å². The predicted molar refractivity (Wildman–Crippen MR) is 148 cm³/mol. The molecule has 0 heterocycles. The second-order valence-electron chi connectivity index (χ2n) is 11.7. The van der Waals surface area contributed by atoms with E-state index in [9.17, 15) is 14.4 Å². The first kappa shape index (κ1) is 29.0. The molecule has 0 aromatic heterocycles. The Hall–Kier alpha value is -3.55. The summed E-state index contributed by atoms with van der Waals surface area (Å²) in [6.45, 7) is 11.6. The van der Waals surface area contributed by atoms with Crippen LogP contribution in [0.5, 0.6) is 0 Å². The molecule has 2 aromatic carbocycles. The number of rotatable bonds is 9. The molecule has 0 radical (unpaired) electrons. The summed E-state index contributed by atoms with van der Waals surface area (Å²) in [7, 11) is 0. The third kappa shape index (κ3) is 8.50. The fraction of sp³-hybridized carbons (Fsp3) is 0.500. The normalized spacial score (nSPS) is 13.6. The summed E-state index contributed by atoms with van der Waals surface area (Å²) < 4.78 is 10.9. The van der Waals surface area contributed by atoms with Crippen molar-refractivity contribution in [2.24, 2.45) is 0 Å². The van der Waals surface area contributed by atoms with Crippen molar-refractivity contribution in [1.29, 1.82) is 0 Å². The third-order valence-corrected chi connectivity index (χ3v) is 6.04. The van der Waals surface area contributed by atoms with Gasteiger partial charge in [-0.3, -0.25) is 4.79 Å². The van der Waals surface area contributed by atoms with Crippen LogP contribution in [0.2, 0.25) is 0 Å². The van der Waals surface area contributed by atoms with E-state index in [-0.39, 0.29) is 18.4 Å². The molecule has 38 heavy (non-hydrogen) atoms. The van der Waals surface area contributed by atoms with Crippen LogP contribution in [0, 0.1) is 0 Å². The number of amides is 3. The Kier molecular flexibility index (Phi) is 9.41. The number of carbonyl (C=O) groups is 3. The Labute approximate surface area is 225 Å². The van der Waals surface area contributed by atoms with Crippen molar-refractivity contribution in [1.82, 2.24) is 16.0 Å². The number of unbranched alkanes of at least 4 members (excludes halogenated alkanes) is 1. The Bertz CT molecular complexity index is 1090. The molecule has 0 bridgehead atoms. The van der Waals surface area contributed by atoms with Crippen LogP contribution in [0.4, 0.5) is 9.59 Å². The van der Waals surface area contributed by atoms with E-state index in [0.717, 1.165) is 0 Å². The summed E-state index contributed by atoms with van der Waals surface area (Å²) in [4.78, 5) is 37.4. The van der Waals surface area contributed by atoms with Gasteiger partial charge in [-0.25, -0.2) is 9.59 Å². The number of fused-ring (bicyclic) bond motifs is 3. The fourth-order valence-electron chi connectivity index (χ4n) is 4.49. The van der Waals surface area contributed by atoms with Gasteiger partial charge in [-0.2, -0.15) is 0 Å². The number of hydrogen-bond acceptors (Lipinski definition) is 5. The van der Waals surface area contributed by atoms with E-state index in [1.54, 1.807) is 20.8 Å². The SMILES string of the molecule is CC(C)(C)NC(=O)C(CCCCNC(=O)OCC1c2ccccc2-c2ccccc21)NC(=O)OC(C)(C)C. The highest BCUT2D eigenvalue weighted by molar-refractivity contribution is 5.86. The zero-order chi connectivity index (χ0) is 27.9. The van der Waals surface area contributed by atoms with E-state index in [1.807, 2.05) is 45.0 Å². The lowest BCUT2D eigenvalue weighted by Crippen LogP contribution is -2.52. The molecule has 0 saturated carbocycles. The molecule has 1 unspecified atom stereocenters. The molecule has 3 N–H and O–H groups in total. The Morgan fingerprint density at radius 2 is 1.42 bits per heavy atom. The molecule has 1 atom stereocenters. The van der Waals surface area contributed by atoms with Crippen molar-refractivity contribution in [3.63, 3.8) is 0 Å². The van der Waals surface area contributed by atoms with E-state index in [1.165, 1.54) is 22.3 Å². The van der Waals surface area contributed by atoms with E-state index < -0.39 is 29.4 Å². The standard InChI is InChI=1S/C30H41N3O5/c1-29(2,3)33-26(34)25(32-28(36)38-30(4,5)6)17-11-12-18-31-27(35)37-19-24-22-15-9-7-13-20(22)21-14-8-10-16-23(21)24/h7-10,13-16,24-25H,11-12,17-19H2,1-6H3,(H,31,35)(H,32,36)(H,33,34). The zero-order valence-corrected chi connectivity index (χ0v) is 23.4. The van der Waals surface area contributed by atoms with E-state index in [0.29, 0.717) is 25.8 Å². The van der Waals surface area contributed by atoms with Gasteiger partial charge < -0.3 is 25.4 Å². The highest BCUT2D eigenvalue weighted by atomic mass is 16.6. The van der Waals surface area contributed by atoms with E-state index in [4.69, 9.17) is 9.47 Å². The lowest BCUT2D eigenvalue weighted by atomic mass is 9.98. The highest BCUT2D eigenvalue weighted by Gasteiger charge is 2.29. The molecule has 0 saturated heterocycles. The zero-order valence-electron chi connectivity index (χ0n) is 23.4. The van der Waals surface area contributed by atoms with Gasteiger partial charge in [-0.05, 0) is 83.1 Å². The fourth-order valence-corrected chi connectivity index (χ4v) is 4.49. The van der Waals surface area contributed by atoms with Gasteiger partial charge in [0.05, 0.1) is 0 Å². The van der Waals surface area contributed by atoms with Crippen LogP contribution >= 0.6 is 0 Å². The maximum absolute atomic E-state index is 12.7. The predicted octanol–water partition coefficient (Wildman–Crippen LogP) is 5.50. The molecule has 3 amide bonds. The van der Waals surface area contributed by atoms with Crippen LogP contribution in [0.25, 0.3) is 11.1 Å². The first-order chi connectivity index (χ1) is 17.8. The summed E-state index contributed by atoms with van der Waals surface area (Å²) in [6, 6.07) is 15.7. The largest absolute Gasteiger partial charge is 0.449 e. The summed E-state index contributed by atoms with van der Waals surface area (Å²) >= 11 is 0. The van der Waals surface area contributed by atoms with Crippen LogP contribution in [-0.2, 0) is 14.3 Å².